The molecule has 4 rings (SSSR count). The standard InChI is InChI=1S/C32H38ClFN3O3.C2H2.U/c1-4-24(3)31(18-23(2)21-38)37(20-28-12-17-39-28)16-15-36-13-10-25(11-14-36)30-6-5-7-32(35-30)40-22-26-8-9-27(33)19-29(26)34;1-2;/h4-9,18-19,25,28H,1,10-17,20,22H2,2-3H3;1-2H;/q-1;;/b23-18+,31-24+;;. The predicted molar refractivity (Wildman–Crippen MR) is 167 cm³/mol. The van der Waals surface area contributed by atoms with Gasteiger partial charge in [-0.15, -0.1) is 12.8 Å². The zero-order chi connectivity index (χ0) is 30.5. The fourth-order valence-electron chi connectivity index (χ4n) is 5.02. The summed E-state index contributed by atoms with van der Waals surface area (Å²) < 4.78 is 25.6. The van der Waals surface area contributed by atoms with Gasteiger partial charge in [0.15, 0.2) is 0 Å². The first-order valence-corrected chi connectivity index (χ1v) is 14.6. The third-order valence-electron chi connectivity index (χ3n) is 7.61. The van der Waals surface area contributed by atoms with Gasteiger partial charge in [0.2, 0.25) is 5.88 Å². The van der Waals surface area contributed by atoms with Crippen LogP contribution >= 0.6 is 11.6 Å². The van der Waals surface area contributed by atoms with Crippen molar-refractivity contribution in [2.45, 2.75) is 51.7 Å². The fourth-order valence-corrected chi connectivity index (χ4v) is 5.18. The second-order valence-corrected chi connectivity index (χ2v) is 10.9. The topological polar surface area (TPSA) is 54.9 Å². The summed E-state index contributed by atoms with van der Waals surface area (Å²) in [5, 5.41) is 0.361. The molecule has 9 heteroatoms. The third-order valence-corrected chi connectivity index (χ3v) is 7.85. The Morgan fingerprint density at radius 3 is 2.58 bits per heavy atom. The molecule has 2 aromatic rings. The molecule has 0 amide bonds. The van der Waals surface area contributed by atoms with Gasteiger partial charge in [-0.25, -0.2) is 9.37 Å². The summed E-state index contributed by atoms with van der Waals surface area (Å²) in [7, 11) is 0. The summed E-state index contributed by atoms with van der Waals surface area (Å²) >= 11 is 5.85. The normalized spacial score (nSPS) is 17.7. The molecule has 2 aliphatic heterocycles. The second kappa shape index (κ2) is 19.1. The largest absolute Gasteiger partial charge is 0.473 e. The van der Waals surface area contributed by atoms with E-state index in [1.807, 2.05) is 43.6 Å². The SMILES string of the molecule is C#C.C=C/C(C)=C(\C=C(/C)[C-]=O)N(CCN1CCC(c2cccc(OCc3ccc(Cl)cc3F)n2)CC1)CC1CCO1.[U]. The molecular formula is C34H40ClFN3O3U-. The van der Waals surface area contributed by atoms with Crippen LogP contribution in [0.3, 0.4) is 0 Å². The number of halogens is 2. The van der Waals surface area contributed by atoms with Gasteiger partial charge in [0.1, 0.15) is 12.4 Å². The van der Waals surface area contributed by atoms with E-state index in [0.29, 0.717) is 28.0 Å². The van der Waals surface area contributed by atoms with E-state index < -0.39 is 0 Å². The first kappa shape index (κ1) is 36.8. The molecule has 1 atom stereocenters. The number of rotatable bonds is 13. The molecular weight excluding hydrogens is 791 g/mol. The number of nitrogens with zero attached hydrogens (tertiary/aromatic N) is 3. The number of piperidine rings is 1. The van der Waals surface area contributed by atoms with Crippen molar-refractivity contribution in [2.24, 2.45) is 0 Å². The predicted octanol–water partition coefficient (Wildman–Crippen LogP) is 6.49. The summed E-state index contributed by atoms with van der Waals surface area (Å²) in [5.41, 5.74) is 4.04. The number of aromatic nitrogens is 1. The Kier molecular flexibility index (Phi) is 16.3. The molecule has 228 valence electrons. The molecule has 1 aromatic carbocycles. The Labute approximate surface area is 284 Å². The molecule has 3 heterocycles. The average Bonchev–Trinajstić information content (AvgIpc) is 2.99. The van der Waals surface area contributed by atoms with Gasteiger partial charge in [-0.1, -0.05) is 43.3 Å². The maximum Gasteiger partial charge on any atom is 0.213 e. The minimum absolute atomic E-state index is 0. The van der Waals surface area contributed by atoms with Crippen molar-refractivity contribution in [3.05, 3.63) is 94.1 Å². The minimum atomic E-state index is -0.384. The van der Waals surface area contributed by atoms with Crippen LogP contribution in [0.15, 0.2) is 72.0 Å². The van der Waals surface area contributed by atoms with Gasteiger partial charge in [0.05, 0.1) is 6.10 Å². The number of pyridine rings is 1. The summed E-state index contributed by atoms with van der Waals surface area (Å²) in [4.78, 5) is 20.8. The van der Waals surface area contributed by atoms with Crippen LogP contribution < -0.4 is 4.74 Å². The molecule has 2 aliphatic rings. The van der Waals surface area contributed by atoms with Crippen molar-refractivity contribution in [3.63, 3.8) is 0 Å². The van der Waals surface area contributed by atoms with Crippen molar-refractivity contribution in [3.8, 4) is 18.7 Å². The van der Waals surface area contributed by atoms with E-state index in [1.54, 1.807) is 19.1 Å². The first-order valence-electron chi connectivity index (χ1n) is 14.2. The second-order valence-electron chi connectivity index (χ2n) is 10.5. The van der Waals surface area contributed by atoms with Crippen LogP contribution in [0.1, 0.15) is 50.3 Å². The number of benzene rings is 1. The molecule has 6 nitrogen and oxygen atoms in total. The van der Waals surface area contributed by atoms with Crippen LogP contribution in [0, 0.1) is 49.8 Å². The molecule has 0 N–H and O–H groups in total. The van der Waals surface area contributed by atoms with Crippen LogP contribution in [0.4, 0.5) is 4.39 Å². The number of ether oxygens (including phenoxy) is 2. The number of hydrogen-bond donors (Lipinski definition) is 0. The van der Waals surface area contributed by atoms with E-state index in [0.717, 1.165) is 75.6 Å². The van der Waals surface area contributed by atoms with E-state index in [-0.39, 0.29) is 49.6 Å². The maximum atomic E-state index is 14.1. The van der Waals surface area contributed by atoms with Crippen molar-refractivity contribution < 1.29 is 49.8 Å². The van der Waals surface area contributed by atoms with Gasteiger partial charge in [-0.2, -0.15) is 11.6 Å². The van der Waals surface area contributed by atoms with E-state index in [2.05, 4.69) is 29.2 Å². The average molecular weight is 831 g/mol. The van der Waals surface area contributed by atoms with Gasteiger partial charge in [0, 0.05) is 85.6 Å². The zero-order valence-corrected chi connectivity index (χ0v) is 29.9. The van der Waals surface area contributed by atoms with Crippen LogP contribution in [-0.4, -0.2) is 66.5 Å². The molecule has 2 fully saturated rings. The van der Waals surface area contributed by atoms with Gasteiger partial charge in [0.25, 0.3) is 0 Å². The van der Waals surface area contributed by atoms with Crippen molar-refractivity contribution >= 4 is 17.9 Å². The number of likely N-dealkylation sites (tertiary alicyclic amines) is 1. The van der Waals surface area contributed by atoms with Crippen molar-refractivity contribution in [1.82, 2.24) is 14.8 Å². The van der Waals surface area contributed by atoms with Gasteiger partial charge >= 0.3 is 0 Å². The number of terminal acetylenes is 1. The van der Waals surface area contributed by atoms with Crippen molar-refractivity contribution in [2.75, 3.05) is 39.3 Å². The molecule has 0 saturated carbocycles. The summed E-state index contributed by atoms with van der Waals surface area (Å²) in [6.07, 6.45) is 17.0. The van der Waals surface area contributed by atoms with Gasteiger partial charge in [-0.05, 0) is 75.0 Å². The summed E-state index contributed by atoms with van der Waals surface area (Å²) in [6.45, 7) is 13.1. The Balaban J connectivity index is 0.00000211. The molecule has 2 saturated heterocycles. The monoisotopic (exact) mass is 830 g/mol. The van der Waals surface area contributed by atoms with E-state index >= 15 is 0 Å². The Hall–Kier alpha value is -2.39. The quantitative estimate of drug-likeness (QED) is 0.0998. The van der Waals surface area contributed by atoms with Crippen LogP contribution in [0.5, 0.6) is 5.88 Å². The van der Waals surface area contributed by atoms with E-state index in [1.165, 1.54) is 6.07 Å². The van der Waals surface area contributed by atoms with Crippen LogP contribution in [-0.2, 0) is 16.1 Å². The molecule has 43 heavy (non-hydrogen) atoms. The van der Waals surface area contributed by atoms with Gasteiger partial charge < -0.3 is 24.1 Å². The molecule has 0 radical (unpaired) electrons. The number of hydrogen-bond acceptors (Lipinski definition) is 6. The molecule has 1 aromatic heterocycles. The zero-order valence-electron chi connectivity index (χ0n) is 25.0. The van der Waals surface area contributed by atoms with Gasteiger partial charge in [-0.3, -0.25) is 0 Å². The Morgan fingerprint density at radius 2 is 1.98 bits per heavy atom. The van der Waals surface area contributed by atoms with Crippen LogP contribution in [0.25, 0.3) is 0 Å². The number of allylic oxidation sites excluding steroid dienone is 4. The summed E-state index contributed by atoms with van der Waals surface area (Å²) in [6, 6.07) is 10.4. The first-order chi connectivity index (χ1) is 20.4. The molecule has 0 spiro atoms. The van der Waals surface area contributed by atoms with Crippen LogP contribution in [0.2, 0.25) is 5.02 Å². The Bertz CT molecular complexity index is 1290. The molecule has 0 bridgehead atoms. The van der Waals surface area contributed by atoms with E-state index in [9.17, 15) is 9.18 Å². The third kappa shape index (κ3) is 11.2. The fraction of sp³-hybridized carbons (Fsp3) is 0.412. The maximum absolute atomic E-state index is 14.1. The minimum Gasteiger partial charge on any atom is -0.473 e. The van der Waals surface area contributed by atoms with Crippen molar-refractivity contribution in [1.29, 1.82) is 0 Å². The smallest absolute Gasteiger partial charge is 0.213 e. The van der Waals surface area contributed by atoms with E-state index in [4.69, 9.17) is 26.1 Å². The number of carbonyl (C=O) groups excluding carboxylic acids is 1. The molecule has 0 aliphatic carbocycles. The Morgan fingerprint density at radius 1 is 1.26 bits per heavy atom. The summed E-state index contributed by atoms with van der Waals surface area (Å²) in [5.74, 6) is 0.458. The molecule has 1 unspecified atom stereocenters.